The second-order valence-corrected chi connectivity index (χ2v) is 2.49. The monoisotopic (exact) mass is 202 g/mol. The molecule has 0 saturated heterocycles. The van der Waals surface area contributed by atoms with Crippen LogP contribution in [0, 0.1) is 0 Å². The molecule has 0 saturated carbocycles. The fourth-order valence-corrected chi connectivity index (χ4v) is 0.626. The molecule has 1 aromatic heterocycles. The number of aromatic amines is 1. The summed E-state index contributed by atoms with van der Waals surface area (Å²) in [4.78, 5) is 15.1. The number of nitrogens with zero attached hydrogens (tertiary/aromatic N) is 1. The highest BCUT2D eigenvalue weighted by Gasteiger charge is 2.09. The lowest BCUT2D eigenvalue weighted by Crippen LogP contribution is -3.00. The summed E-state index contributed by atoms with van der Waals surface area (Å²) in [5.41, 5.74) is 0. The first-order chi connectivity index (χ1) is 5.70. The van der Waals surface area contributed by atoms with Gasteiger partial charge in [-0.25, -0.2) is 4.79 Å². The molecule has 0 atom stereocenters. The van der Waals surface area contributed by atoms with Gasteiger partial charge in [-0.15, -0.1) is 0 Å². The van der Waals surface area contributed by atoms with Gasteiger partial charge >= 0.3 is 12.0 Å². The van der Waals surface area contributed by atoms with Crippen LogP contribution < -0.4 is 22.1 Å². The summed E-state index contributed by atoms with van der Waals surface area (Å²) in [7, 11) is 3.26. The van der Waals surface area contributed by atoms with Crippen LogP contribution in [0.25, 0.3) is 0 Å². The predicted molar refractivity (Wildman–Crippen MR) is 42.7 cm³/mol. The number of carbonyl (C=O) groups is 1. The number of pyridine rings is 1. The number of H-pyrrole nitrogens is 1. The van der Waals surface area contributed by atoms with Crippen molar-refractivity contribution in [3.05, 3.63) is 24.4 Å². The third kappa shape index (κ3) is 3.75. The van der Waals surface area contributed by atoms with E-state index in [1.54, 1.807) is 32.4 Å². The molecule has 0 aliphatic heterocycles. The topological polar surface area (TPSA) is 43.7 Å². The zero-order valence-corrected chi connectivity index (χ0v) is 8.21. The second kappa shape index (κ2) is 5.37. The fourth-order valence-electron chi connectivity index (χ4n) is 0.626. The molecule has 0 unspecified atom stereocenters. The van der Waals surface area contributed by atoms with E-state index in [2.05, 4.69) is 4.98 Å². The Morgan fingerprint density at radius 1 is 1.46 bits per heavy atom. The van der Waals surface area contributed by atoms with Crippen LogP contribution in [0.3, 0.4) is 0 Å². The quantitative estimate of drug-likeness (QED) is 0.508. The Kier molecular flexibility index (Phi) is 4.84. The van der Waals surface area contributed by atoms with Crippen molar-refractivity contribution >= 4 is 6.09 Å². The highest BCUT2D eigenvalue weighted by Crippen LogP contribution is 1.99. The molecular formula is C8H11ClN2O2. The van der Waals surface area contributed by atoms with Gasteiger partial charge in [-0.2, -0.15) is 4.98 Å². The molecule has 1 rings (SSSR count). The molecule has 0 aliphatic rings. The van der Waals surface area contributed by atoms with Gasteiger partial charge in [-0.3, -0.25) is 0 Å². The molecule has 4 nitrogen and oxygen atoms in total. The van der Waals surface area contributed by atoms with Crippen molar-refractivity contribution in [1.82, 2.24) is 4.90 Å². The molecule has 0 fully saturated rings. The molecule has 1 amide bonds. The van der Waals surface area contributed by atoms with Crippen molar-refractivity contribution in [1.29, 1.82) is 0 Å². The van der Waals surface area contributed by atoms with Gasteiger partial charge in [0.15, 0.2) is 6.20 Å². The molecule has 1 N–H and O–H groups in total. The second-order valence-electron chi connectivity index (χ2n) is 2.49. The van der Waals surface area contributed by atoms with Gasteiger partial charge in [0.25, 0.3) is 0 Å². The maximum absolute atomic E-state index is 11.0. The van der Waals surface area contributed by atoms with Crippen LogP contribution >= 0.6 is 0 Å². The maximum atomic E-state index is 11.0. The predicted octanol–water partition coefficient (Wildman–Crippen LogP) is -2.43. The smallest absolute Gasteiger partial charge is 0.418 e. The van der Waals surface area contributed by atoms with Gasteiger partial charge in [-0.1, -0.05) is 0 Å². The van der Waals surface area contributed by atoms with E-state index in [0.717, 1.165) is 0 Å². The molecule has 72 valence electrons. The highest BCUT2D eigenvalue weighted by atomic mass is 35.5. The summed E-state index contributed by atoms with van der Waals surface area (Å²) in [6.07, 6.45) is 1.30. The molecule has 0 aliphatic carbocycles. The van der Waals surface area contributed by atoms with Gasteiger partial charge < -0.3 is 22.0 Å². The Morgan fingerprint density at radius 2 is 2.15 bits per heavy atom. The zero-order valence-electron chi connectivity index (χ0n) is 7.45. The minimum atomic E-state index is -0.391. The number of hydrogen-bond acceptors (Lipinski definition) is 2. The minimum Gasteiger partial charge on any atom is -1.00 e. The number of amides is 1. The summed E-state index contributed by atoms with van der Waals surface area (Å²) in [6, 6.07) is 5.28. The first-order valence-electron chi connectivity index (χ1n) is 3.56. The number of halogens is 1. The molecule has 0 aromatic carbocycles. The standard InChI is InChI=1S/C8H10N2O2.ClH/c1-10(2)8(11)12-7-5-3-4-6-9-7;/h3-6H,1-2H3;1H. The highest BCUT2D eigenvalue weighted by molar-refractivity contribution is 5.68. The Labute approximate surface area is 82.9 Å². The van der Waals surface area contributed by atoms with E-state index in [1.165, 1.54) is 4.90 Å². The van der Waals surface area contributed by atoms with Gasteiger partial charge in [0.2, 0.25) is 0 Å². The van der Waals surface area contributed by atoms with Crippen LogP contribution in [0.4, 0.5) is 4.79 Å². The average molecular weight is 203 g/mol. The normalized spacial score (nSPS) is 8.46. The molecule has 1 aromatic rings. The molecular weight excluding hydrogens is 192 g/mol. The number of ether oxygens (including phenoxy) is 1. The number of rotatable bonds is 1. The van der Waals surface area contributed by atoms with E-state index >= 15 is 0 Å². The zero-order chi connectivity index (χ0) is 8.97. The maximum Gasteiger partial charge on any atom is 0.418 e. The number of hydrogen-bond donors (Lipinski definition) is 0. The molecule has 13 heavy (non-hydrogen) atoms. The summed E-state index contributed by atoms with van der Waals surface area (Å²) in [5.74, 6) is 0.441. The van der Waals surface area contributed by atoms with Crippen LogP contribution in [-0.4, -0.2) is 25.1 Å². The molecule has 0 radical (unpaired) electrons. The van der Waals surface area contributed by atoms with E-state index in [-0.39, 0.29) is 12.4 Å². The average Bonchev–Trinajstić information content (AvgIpc) is 2.06. The number of aromatic nitrogens is 1. The van der Waals surface area contributed by atoms with Gasteiger partial charge in [0, 0.05) is 20.2 Å². The van der Waals surface area contributed by atoms with Crippen LogP contribution in [0.15, 0.2) is 24.4 Å². The Hall–Kier alpha value is -1.29. The number of carbonyl (C=O) groups excluding carboxylic acids is 1. The number of nitrogens with one attached hydrogen (secondary N) is 1. The SMILES string of the molecule is CN(C)C(=O)Oc1cccc[nH+]1.[Cl-]. The lowest BCUT2D eigenvalue weighted by atomic mass is 10.5. The first-order valence-corrected chi connectivity index (χ1v) is 3.56. The van der Waals surface area contributed by atoms with Gasteiger partial charge in [-0.05, 0) is 6.07 Å². The molecule has 0 bridgehead atoms. The summed E-state index contributed by atoms with van der Waals surface area (Å²) in [5, 5.41) is 0. The third-order valence-corrected chi connectivity index (χ3v) is 1.24. The lowest BCUT2D eigenvalue weighted by molar-refractivity contribution is -0.390. The van der Waals surface area contributed by atoms with Gasteiger partial charge in [0.05, 0.1) is 6.07 Å². The van der Waals surface area contributed by atoms with Crippen molar-refractivity contribution in [2.45, 2.75) is 0 Å². The van der Waals surface area contributed by atoms with E-state index in [1.807, 2.05) is 6.07 Å². The lowest BCUT2D eigenvalue weighted by Gasteiger charge is -2.06. The minimum absolute atomic E-state index is 0. The van der Waals surface area contributed by atoms with Gasteiger partial charge in [0.1, 0.15) is 0 Å². The van der Waals surface area contributed by atoms with Crippen LogP contribution in [-0.2, 0) is 0 Å². The van der Waals surface area contributed by atoms with Crippen molar-refractivity contribution in [3.8, 4) is 5.88 Å². The fraction of sp³-hybridized carbons (Fsp3) is 0.250. The van der Waals surface area contributed by atoms with Crippen LogP contribution in [0.1, 0.15) is 0 Å². The summed E-state index contributed by atoms with van der Waals surface area (Å²) >= 11 is 0. The van der Waals surface area contributed by atoms with E-state index in [9.17, 15) is 4.79 Å². The van der Waals surface area contributed by atoms with E-state index in [0.29, 0.717) is 5.88 Å². The Bertz CT molecular complexity index is 264. The van der Waals surface area contributed by atoms with E-state index < -0.39 is 6.09 Å². The largest absolute Gasteiger partial charge is 1.00 e. The molecule has 1 heterocycles. The molecule has 0 spiro atoms. The van der Waals surface area contributed by atoms with Crippen LogP contribution in [0.2, 0.25) is 0 Å². The van der Waals surface area contributed by atoms with Crippen molar-refractivity contribution < 1.29 is 26.9 Å². The van der Waals surface area contributed by atoms with Crippen molar-refractivity contribution in [2.75, 3.05) is 14.1 Å². The summed E-state index contributed by atoms with van der Waals surface area (Å²) < 4.78 is 4.91. The van der Waals surface area contributed by atoms with Crippen molar-refractivity contribution in [3.63, 3.8) is 0 Å². The van der Waals surface area contributed by atoms with E-state index in [4.69, 9.17) is 4.74 Å². The Morgan fingerprint density at radius 3 is 2.62 bits per heavy atom. The summed E-state index contributed by atoms with van der Waals surface area (Å²) in [6.45, 7) is 0. The first kappa shape index (κ1) is 11.7. The molecule has 5 heteroatoms. The van der Waals surface area contributed by atoms with Crippen molar-refractivity contribution in [2.24, 2.45) is 0 Å². The third-order valence-electron chi connectivity index (χ3n) is 1.24. The van der Waals surface area contributed by atoms with Crippen LogP contribution in [0.5, 0.6) is 5.88 Å². The Balaban J connectivity index is 0.00000144.